The number of nitrogens with zero attached hydrogens (tertiary/aromatic N) is 1. The Morgan fingerprint density at radius 2 is 2.00 bits per heavy atom. The van der Waals surface area contributed by atoms with E-state index in [1.54, 1.807) is 0 Å². The highest BCUT2D eigenvalue weighted by atomic mass is 19.4. The van der Waals surface area contributed by atoms with Gasteiger partial charge in [-0.3, -0.25) is 0 Å². The normalized spacial score (nSPS) is 19.7. The van der Waals surface area contributed by atoms with Crippen LogP contribution in [0, 0.1) is 5.92 Å². The average molecular weight is 213 g/mol. The Balaban J connectivity index is 1.91. The Hall–Kier alpha value is -0.330. The second-order valence-electron chi connectivity index (χ2n) is 3.48. The fourth-order valence-electron chi connectivity index (χ4n) is 1.36. The Morgan fingerprint density at radius 1 is 1.36 bits per heavy atom. The van der Waals surface area contributed by atoms with Gasteiger partial charge in [0, 0.05) is 32.2 Å². The van der Waals surface area contributed by atoms with Crippen LogP contribution in [-0.4, -0.2) is 55.6 Å². The largest absolute Gasteiger partial charge is 0.411 e. The molecular weight excluding hydrogens is 199 g/mol. The summed E-state index contributed by atoms with van der Waals surface area (Å²) in [4.78, 5) is 1.96. The summed E-state index contributed by atoms with van der Waals surface area (Å²) in [5, 5.41) is 8.68. The van der Waals surface area contributed by atoms with Crippen molar-refractivity contribution in [3.05, 3.63) is 0 Å². The summed E-state index contributed by atoms with van der Waals surface area (Å²) in [5.41, 5.74) is 0. The third kappa shape index (κ3) is 4.26. The maximum absolute atomic E-state index is 11.6. The summed E-state index contributed by atoms with van der Waals surface area (Å²) < 4.78 is 39.3. The number of likely N-dealkylation sites (tertiary alicyclic amines) is 1. The first-order valence-corrected chi connectivity index (χ1v) is 4.49. The molecule has 0 saturated carbocycles. The van der Waals surface area contributed by atoms with Crippen LogP contribution in [0.4, 0.5) is 13.2 Å². The molecule has 84 valence electrons. The fraction of sp³-hybridized carbons (Fsp3) is 1.00. The zero-order valence-corrected chi connectivity index (χ0v) is 7.76. The van der Waals surface area contributed by atoms with Gasteiger partial charge in [-0.2, -0.15) is 13.2 Å². The van der Waals surface area contributed by atoms with Gasteiger partial charge in [-0.25, -0.2) is 0 Å². The van der Waals surface area contributed by atoms with E-state index in [0.717, 1.165) is 13.1 Å². The predicted molar refractivity (Wildman–Crippen MR) is 43.9 cm³/mol. The lowest BCUT2D eigenvalue weighted by Crippen LogP contribution is -2.49. The lowest BCUT2D eigenvalue weighted by atomic mass is 10.0. The van der Waals surface area contributed by atoms with Crippen LogP contribution in [0.2, 0.25) is 0 Å². The number of hydrogen-bond acceptors (Lipinski definition) is 3. The average Bonchev–Trinajstić information content (AvgIpc) is 1.98. The zero-order valence-electron chi connectivity index (χ0n) is 7.76. The van der Waals surface area contributed by atoms with Crippen molar-refractivity contribution in [1.82, 2.24) is 4.90 Å². The Labute approximate surface area is 80.5 Å². The predicted octanol–water partition coefficient (Wildman–Crippen LogP) is 0.489. The number of rotatable bonds is 5. The van der Waals surface area contributed by atoms with Gasteiger partial charge in [0.2, 0.25) is 0 Å². The molecule has 1 N–H and O–H groups in total. The molecule has 0 spiro atoms. The summed E-state index contributed by atoms with van der Waals surface area (Å²) in [6.45, 7) is 1.09. The van der Waals surface area contributed by atoms with Gasteiger partial charge in [-0.05, 0) is 0 Å². The first kappa shape index (κ1) is 11.7. The molecule has 0 aromatic rings. The third-order valence-corrected chi connectivity index (χ3v) is 2.11. The Bertz CT molecular complexity index is 168. The van der Waals surface area contributed by atoms with Gasteiger partial charge in [0.15, 0.2) is 0 Å². The summed E-state index contributed by atoms with van der Waals surface area (Å²) in [5.74, 6) is 0.289. The molecule has 0 aromatic heterocycles. The standard InChI is InChI=1S/C8H14F3NO2/c9-8(10,11)6-14-2-1-12-3-7(4-12)5-13/h7,13H,1-6H2. The van der Waals surface area contributed by atoms with E-state index >= 15 is 0 Å². The highest BCUT2D eigenvalue weighted by Gasteiger charge is 2.28. The van der Waals surface area contributed by atoms with E-state index in [1.165, 1.54) is 0 Å². The summed E-state index contributed by atoms with van der Waals surface area (Å²) >= 11 is 0. The molecule has 1 aliphatic heterocycles. The highest BCUT2D eigenvalue weighted by Crippen LogP contribution is 2.16. The molecule has 1 aliphatic rings. The van der Waals surface area contributed by atoms with Gasteiger partial charge in [-0.15, -0.1) is 0 Å². The second-order valence-corrected chi connectivity index (χ2v) is 3.48. The zero-order chi connectivity index (χ0) is 10.6. The van der Waals surface area contributed by atoms with E-state index in [1.807, 2.05) is 4.90 Å². The minimum absolute atomic E-state index is 0.0949. The van der Waals surface area contributed by atoms with Crippen molar-refractivity contribution in [2.75, 3.05) is 39.5 Å². The molecule has 0 amide bonds. The van der Waals surface area contributed by atoms with Gasteiger partial charge in [0.1, 0.15) is 6.61 Å². The van der Waals surface area contributed by atoms with Crippen LogP contribution in [0.25, 0.3) is 0 Å². The maximum atomic E-state index is 11.6. The number of halogens is 3. The minimum Gasteiger partial charge on any atom is -0.396 e. The smallest absolute Gasteiger partial charge is 0.396 e. The molecule has 3 nitrogen and oxygen atoms in total. The van der Waals surface area contributed by atoms with E-state index < -0.39 is 12.8 Å². The molecule has 0 aromatic carbocycles. The molecular formula is C8H14F3NO2. The van der Waals surface area contributed by atoms with Gasteiger partial charge in [0.05, 0.1) is 6.61 Å². The van der Waals surface area contributed by atoms with E-state index in [-0.39, 0.29) is 19.1 Å². The summed E-state index contributed by atoms with van der Waals surface area (Å²) in [7, 11) is 0. The van der Waals surface area contributed by atoms with Crippen molar-refractivity contribution in [2.45, 2.75) is 6.18 Å². The Morgan fingerprint density at radius 3 is 2.50 bits per heavy atom. The van der Waals surface area contributed by atoms with E-state index in [9.17, 15) is 13.2 Å². The summed E-state index contributed by atoms with van der Waals surface area (Å²) in [6, 6.07) is 0. The first-order valence-electron chi connectivity index (χ1n) is 4.49. The van der Waals surface area contributed by atoms with Crippen LogP contribution in [0.15, 0.2) is 0 Å². The van der Waals surface area contributed by atoms with Crippen LogP contribution in [0.3, 0.4) is 0 Å². The van der Waals surface area contributed by atoms with Crippen molar-refractivity contribution < 1.29 is 23.0 Å². The third-order valence-electron chi connectivity index (χ3n) is 2.11. The van der Waals surface area contributed by atoms with Gasteiger partial charge in [0.25, 0.3) is 0 Å². The molecule has 1 rings (SSSR count). The second kappa shape index (κ2) is 4.95. The van der Waals surface area contributed by atoms with Crippen LogP contribution in [0.5, 0.6) is 0 Å². The molecule has 14 heavy (non-hydrogen) atoms. The topological polar surface area (TPSA) is 32.7 Å². The number of aliphatic hydroxyl groups excluding tert-OH is 1. The molecule has 1 fully saturated rings. The molecule has 1 heterocycles. The van der Waals surface area contributed by atoms with Crippen LogP contribution in [0.1, 0.15) is 0 Å². The molecule has 0 aliphatic carbocycles. The minimum atomic E-state index is -4.23. The van der Waals surface area contributed by atoms with Crippen LogP contribution in [-0.2, 0) is 4.74 Å². The number of hydrogen-bond donors (Lipinski definition) is 1. The van der Waals surface area contributed by atoms with Crippen LogP contribution < -0.4 is 0 Å². The number of ether oxygens (including phenoxy) is 1. The molecule has 6 heteroatoms. The monoisotopic (exact) mass is 213 g/mol. The Kier molecular flexibility index (Phi) is 4.15. The summed E-state index contributed by atoms with van der Waals surface area (Å²) in [6.07, 6.45) is -4.23. The highest BCUT2D eigenvalue weighted by molar-refractivity contribution is 4.78. The van der Waals surface area contributed by atoms with E-state index in [4.69, 9.17) is 5.11 Å². The van der Waals surface area contributed by atoms with Crippen molar-refractivity contribution in [3.63, 3.8) is 0 Å². The molecule has 0 bridgehead atoms. The fourth-order valence-corrected chi connectivity index (χ4v) is 1.36. The van der Waals surface area contributed by atoms with Gasteiger partial charge in [-0.1, -0.05) is 0 Å². The van der Waals surface area contributed by atoms with Gasteiger partial charge < -0.3 is 14.7 Å². The van der Waals surface area contributed by atoms with Crippen LogP contribution >= 0.6 is 0 Å². The van der Waals surface area contributed by atoms with E-state index in [2.05, 4.69) is 4.74 Å². The van der Waals surface area contributed by atoms with Crippen molar-refractivity contribution in [2.24, 2.45) is 5.92 Å². The SMILES string of the molecule is OCC1CN(CCOCC(F)(F)F)C1. The van der Waals surface area contributed by atoms with E-state index in [0.29, 0.717) is 6.54 Å². The molecule has 0 radical (unpaired) electrons. The number of alkyl halides is 3. The quantitative estimate of drug-likeness (QED) is 0.675. The number of aliphatic hydroxyl groups is 1. The first-order chi connectivity index (χ1) is 6.51. The maximum Gasteiger partial charge on any atom is 0.411 e. The lowest BCUT2D eigenvalue weighted by Gasteiger charge is -2.38. The van der Waals surface area contributed by atoms with Crippen molar-refractivity contribution >= 4 is 0 Å². The van der Waals surface area contributed by atoms with Crippen molar-refractivity contribution in [3.8, 4) is 0 Å². The molecule has 1 saturated heterocycles. The lowest BCUT2D eigenvalue weighted by molar-refractivity contribution is -0.175. The van der Waals surface area contributed by atoms with Crippen molar-refractivity contribution in [1.29, 1.82) is 0 Å². The molecule has 0 atom stereocenters. The molecule has 0 unspecified atom stereocenters. The van der Waals surface area contributed by atoms with Gasteiger partial charge >= 0.3 is 6.18 Å².